The van der Waals surface area contributed by atoms with Crippen LogP contribution in [0.4, 0.5) is 0 Å². The van der Waals surface area contributed by atoms with Gasteiger partial charge in [0.1, 0.15) is 0 Å². The Morgan fingerprint density at radius 1 is 1.15 bits per heavy atom. The first-order valence-corrected chi connectivity index (χ1v) is 8.55. The minimum atomic E-state index is -3.54. The number of sulfonamides is 1. The van der Waals surface area contributed by atoms with Crippen LogP contribution in [0.5, 0.6) is 0 Å². The third-order valence-corrected chi connectivity index (χ3v) is 4.30. The number of hydrazone groups is 1. The molecule has 0 aliphatic carbocycles. The molecule has 0 radical (unpaired) electrons. The van der Waals surface area contributed by atoms with Gasteiger partial charge < -0.3 is 0 Å². The first kappa shape index (κ1) is 16.7. The Kier molecular flexibility index (Phi) is 6.71. The monoisotopic (exact) mass is 296 g/mol. The maximum absolute atomic E-state index is 12.0. The molecule has 20 heavy (non-hydrogen) atoms. The van der Waals surface area contributed by atoms with E-state index in [2.05, 4.69) is 16.9 Å². The van der Waals surface area contributed by atoms with E-state index < -0.39 is 10.0 Å². The van der Waals surface area contributed by atoms with Crippen molar-refractivity contribution >= 4 is 15.7 Å². The van der Waals surface area contributed by atoms with Crippen LogP contribution in [0.2, 0.25) is 0 Å². The molecule has 0 aromatic heterocycles. The van der Waals surface area contributed by atoms with Gasteiger partial charge in [-0.3, -0.25) is 0 Å². The number of aryl methyl sites for hydroxylation is 1. The molecule has 0 spiro atoms. The van der Waals surface area contributed by atoms with E-state index in [4.69, 9.17) is 0 Å². The Hall–Kier alpha value is -1.36. The van der Waals surface area contributed by atoms with Crippen molar-refractivity contribution in [3.63, 3.8) is 0 Å². The lowest BCUT2D eigenvalue weighted by Gasteiger charge is -2.05. The maximum Gasteiger partial charge on any atom is 0.276 e. The van der Waals surface area contributed by atoms with Crippen LogP contribution in [-0.2, 0) is 10.0 Å². The van der Waals surface area contributed by atoms with Crippen LogP contribution >= 0.6 is 0 Å². The summed E-state index contributed by atoms with van der Waals surface area (Å²) in [6.45, 7) is 5.93. The lowest BCUT2D eigenvalue weighted by molar-refractivity contribution is 0.584. The van der Waals surface area contributed by atoms with Crippen LogP contribution in [-0.4, -0.2) is 14.1 Å². The molecule has 0 unspecified atom stereocenters. The van der Waals surface area contributed by atoms with E-state index in [-0.39, 0.29) is 4.90 Å². The highest BCUT2D eigenvalue weighted by Crippen LogP contribution is 2.10. The van der Waals surface area contributed by atoms with Crippen LogP contribution < -0.4 is 4.83 Å². The molecule has 112 valence electrons. The van der Waals surface area contributed by atoms with Gasteiger partial charge in [-0.15, -0.1) is 0 Å². The second kappa shape index (κ2) is 8.04. The molecule has 0 fully saturated rings. The van der Waals surface area contributed by atoms with Crippen molar-refractivity contribution in [3.05, 3.63) is 29.8 Å². The Bertz CT molecular complexity index is 533. The van der Waals surface area contributed by atoms with E-state index in [9.17, 15) is 8.42 Å². The van der Waals surface area contributed by atoms with Crippen molar-refractivity contribution in [2.45, 2.75) is 57.8 Å². The fourth-order valence-corrected chi connectivity index (χ4v) is 2.65. The van der Waals surface area contributed by atoms with Gasteiger partial charge in [0, 0.05) is 5.71 Å². The summed E-state index contributed by atoms with van der Waals surface area (Å²) in [6, 6.07) is 6.72. The predicted molar refractivity (Wildman–Crippen MR) is 83.4 cm³/mol. The Morgan fingerprint density at radius 3 is 2.40 bits per heavy atom. The van der Waals surface area contributed by atoms with Gasteiger partial charge in [-0.05, 0) is 38.8 Å². The van der Waals surface area contributed by atoms with Gasteiger partial charge in [0.25, 0.3) is 10.0 Å². The van der Waals surface area contributed by atoms with E-state index in [1.165, 1.54) is 12.8 Å². The molecule has 0 saturated carbocycles. The van der Waals surface area contributed by atoms with Gasteiger partial charge >= 0.3 is 0 Å². The lowest BCUT2D eigenvalue weighted by atomic mass is 10.1. The van der Waals surface area contributed by atoms with Crippen molar-refractivity contribution in [1.29, 1.82) is 0 Å². The van der Waals surface area contributed by atoms with Crippen molar-refractivity contribution in [2.24, 2.45) is 5.10 Å². The Labute approximate surface area is 122 Å². The molecule has 4 nitrogen and oxygen atoms in total. The van der Waals surface area contributed by atoms with E-state index in [1.54, 1.807) is 24.3 Å². The molecule has 0 heterocycles. The number of hydrogen-bond donors (Lipinski definition) is 1. The summed E-state index contributed by atoms with van der Waals surface area (Å²) in [7, 11) is -3.54. The molecule has 1 rings (SSSR count). The molecule has 1 N–H and O–H groups in total. The fourth-order valence-electron chi connectivity index (χ4n) is 1.77. The van der Waals surface area contributed by atoms with Crippen LogP contribution in [0.25, 0.3) is 0 Å². The molecule has 0 bridgehead atoms. The minimum absolute atomic E-state index is 0.241. The third kappa shape index (κ3) is 5.74. The average molecular weight is 296 g/mol. The number of rotatable bonds is 8. The summed E-state index contributed by atoms with van der Waals surface area (Å²) in [5.74, 6) is 0. The van der Waals surface area contributed by atoms with Crippen LogP contribution in [0, 0.1) is 6.92 Å². The second-order valence-electron chi connectivity index (χ2n) is 5.07. The van der Waals surface area contributed by atoms with E-state index in [0.717, 1.165) is 30.5 Å². The molecular weight excluding hydrogens is 272 g/mol. The van der Waals surface area contributed by atoms with E-state index in [1.807, 2.05) is 13.8 Å². The first-order valence-electron chi connectivity index (χ1n) is 7.07. The zero-order valence-corrected chi connectivity index (χ0v) is 13.3. The standard InChI is InChI=1S/C15H24N2O2S/c1-4-5-6-7-8-14(3)16-17-20(18,19)15-11-9-13(2)10-12-15/h9-12,17H,4-8H2,1-3H3/b16-14-. The second-order valence-corrected chi connectivity index (χ2v) is 6.73. The Morgan fingerprint density at radius 2 is 1.80 bits per heavy atom. The molecule has 0 amide bonds. The quantitative estimate of drug-likeness (QED) is 0.452. The van der Waals surface area contributed by atoms with Crippen molar-refractivity contribution in [2.75, 3.05) is 0 Å². The molecule has 0 atom stereocenters. The summed E-state index contributed by atoms with van der Waals surface area (Å²) in [5, 5.41) is 3.97. The molecule has 0 saturated heterocycles. The lowest BCUT2D eigenvalue weighted by Crippen LogP contribution is -2.19. The van der Waals surface area contributed by atoms with Gasteiger partial charge in [0.05, 0.1) is 4.90 Å². The predicted octanol–water partition coefficient (Wildman–Crippen LogP) is 3.62. The first-order chi connectivity index (χ1) is 9.45. The van der Waals surface area contributed by atoms with Crippen molar-refractivity contribution in [3.8, 4) is 0 Å². The van der Waals surface area contributed by atoms with E-state index >= 15 is 0 Å². The highest BCUT2D eigenvalue weighted by Gasteiger charge is 2.12. The molecule has 0 aliphatic heterocycles. The molecule has 1 aromatic carbocycles. The zero-order valence-electron chi connectivity index (χ0n) is 12.5. The number of nitrogens with zero attached hydrogens (tertiary/aromatic N) is 1. The Balaban J connectivity index is 2.56. The van der Waals surface area contributed by atoms with Crippen LogP contribution in [0.3, 0.4) is 0 Å². The molecule has 5 heteroatoms. The van der Waals surface area contributed by atoms with Crippen molar-refractivity contribution < 1.29 is 8.42 Å². The van der Waals surface area contributed by atoms with E-state index in [0.29, 0.717) is 0 Å². The normalized spacial score (nSPS) is 12.4. The summed E-state index contributed by atoms with van der Waals surface area (Å²) < 4.78 is 24.0. The topological polar surface area (TPSA) is 58.5 Å². The number of nitrogens with one attached hydrogen (secondary N) is 1. The zero-order chi connectivity index (χ0) is 15.0. The fraction of sp³-hybridized carbons (Fsp3) is 0.533. The number of hydrogen-bond acceptors (Lipinski definition) is 3. The van der Waals surface area contributed by atoms with Crippen molar-refractivity contribution in [1.82, 2.24) is 4.83 Å². The maximum atomic E-state index is 12.0. The summed E-state index contributed by atoms with van der Waals surface area (Å²) in [4.78, 5) is 2.54. The van der Waals surface area contributed by atoms with Crippen LogP contribution in [0.1, 0.15) is 51.5 Å². The summed E-state index contributed by atoms with van der Waals surface area (Å²) in [5.41, 5.74) is 1.84. The molecule has 1 aromatic rings. The molecule has 0 aliphatic rings. The molecular formula is C15H24N2O2S. The van der Waals surface area contributed by atoms with Gasteiger partial charge in [-0.2, -0.15) is 13.5 Å². The highest BCUT2D eigenvalue weighted by molar-refractivity contribution is 7.89. The highest BCUT2D eigenvalue weighted by atomic mass is 32.2. The van der Waals surface area contributed by atoms with Gasteiger partial charge in [-0.25, -0.2) is 4.83 Å². The summed E-state index contributed by atoms with van der Waals surface area (Å²) in [6.07, 6.45) is 5.44. The smallest absolute Gasteiger partial charge is 0.200 e. The largest absolute Gasteiger partial charge is 0.276 e. The average Bonchev–Trinajstić information content (AvgIpc) is 2.42. The summed E-state index contributed by atoms with van der Waals surface area (Å²) >= 11 is 0. The minimum Gasteiger partial charge on any atom is -0.200 e. The third-order valence-electron chi connectivity index (χ3n) is 3.08. The van der Waals surface area contributed by atoms with Gasteiger partial charge in [0.15, 0.2) is 0 Å². The SMILES string of the molecule is CCCCCC/C(C)=N\NS(=O)(=O)c1ccc(C)cc1. The number of benzene rings is 1. The number of unbranched alkanes of at least 4 members (excludes halogenated alkanes) is 3. The van der Waals surface area contributed by atoms with Gasteiger partial charge in [-0.1, -0.05) is 43.9 Å². The van der Waals surface area contributed by atoms with Gasteiger partial charge in [0.2, 0.25) is 0 Å². The van der Waals surface area contributed by atoms with Crippen LogP contribution in [0.15, 0.2) is 34.3 Å².